The molecule has 0 aliphatic carbocycles. The minimum Gasteiger partial charge on any atom is -0.497 e. The molecule has 2 aromatic rings. The van der Waals surface area contributed by atoms with Gasteiger partial charge in [-0.2, -0.15) is 0 Å². The van der Waals surface area contributed by atoms with E-state index in [2.05, 4.69) is 10.6 Å². The monoisotopic (exact) mass is 355 g/mol. The second-order valence-corrected chi connectivity index (χ2v) is 5.85. The van der Waals surface area contributed by atoms with Crippen LogP contribution < -0.4 is 25.0 Å². The summed E-state index contributed by atoms with van der Waals surface area (Å²) >= 11 is 0. The van der Waals surface area contributed by atoms with Crippen LogP contribution in [0.25, 0.3) is 0 Å². The number of carbonyl (C=O) groups excluding carboxylic acids is 2. The number of amides is 3. The fourth-order valence-electron chi connectivity index (χ4n) is 2.88. The molecule has 2 aromatic carbocycles. The molecule has 136 valence electrons. The first-order valence-corrected chi connectivity index (χ1v) is 8.31. The summed E-state index contributed by atoms with van der Waals surface area (Å²) in [5, 5.41) is 5.52. The van der Waals surface area contributed by atoms with Crippen molar-refractivity contribution in [1.82, 2.24) is 0 Å². The summed E-state index contributed by atoms with van der Waals surface area (Å²) in [6.45, 7) is 0.647. The van der Waals surface area contributed by atoms with Crippen LogP contribution in [0.3, 0.4) is 0 Å². The lowest BCUT2D eigenvalue weighted by Gasteiger charge is -2.20. The van der Waals surface area contributed by atoms with Gasteiger partial charge in [0, 0.05) is 30.4 Å². The summed E-state index contributed by atoms with van der Waals surface area (Å²) in [6, 6.07) is 11.9. The van der Waals surface area contributed by atoms with Crippen molar-refractivity contribution in [3.05, 3.63) is 42.5 Å². The van der Waals surface area contributed by atoms with E-state index in [1.807, 2.05) is 0 Å². The van der Waals surface area contributed by atoms with Crippen LogP contribution in [-0.2, 0) is 4.79 Å². The Balaban J connectivity index is 1.74. The molecular formula is C19H21N3O4. The van der Waals surface area contributed by atoms with E-state index in [0.717, 1.165) is 6.42 Å². The lowest BCUT2D eigenvalue weighted by atomic mass is 10.2. The molecular weight excluding hydrogens is 334 g/mol. The van der Waals surface area contributed by atoms with E-state index in [4.69, 9.17) is 9.47 Å². The van der Waals surface area contributed by atoms with Crippen molar-refractivity contribution in [3.8, 4) is 11.5 Å². The lowest BCUT2D eigenvalue weighted by molar-refractivity contribution is -0.117. The standard InChI is InChI=1S/C19H21N3O4/c1-25-15-6-3-5-13(11-15)20-19(24)21-14-8-9-17(26-2)16(12-14)22-10-4-7-18(22)23/h3,5-6,8-9,11-12H,4,7,10H2,1-2H3,(H2,20,21,24). The zero-order valence-electron chi connectivity index (χ0n) is 14.7. The normalized spacial score (nSPS) is 13.5. The summed E-state index contributed by atoms with van der Waals surface area (Å²) < 4.78 is 10.5. The average molecular weight is 355 g/mol. The Morgan fingerprint density at radius 3 is 2.46 bits per heavy atom. The number of urea groups is 1. The van der Waals surface area contributed by atoms with Gasteiger partial charge in [0.05, 0.1) is 19.9 Å². The Morgan fingerprint density at radius 1 is 1.04 bits per heavy atom. The van der Waals surface area contributed by atoms with Gasteiger partial charge in [-0.3, -0.25) is 4.79 Å². The molecule has 26 heavy (non-hydrogen) atoms. The van der Waals surface area contributed by atoms with E-state index >= 15 is 0 Å². The van der Waals surface area contributed by atoms with Gasteiger partial charge < -0.3 is 25.0 Å². The van der Waals surface area contributed by atoms with Gasteiger partial charge in [0.1, 0.15) is 11.5 Å². The highest BCUT2D eigenvalue weighted by atomic mass is 16.5. The maximum atomic E-state index is 12.3. The van der Waals surface area contributed by atoms with Gasteiger partial charge in [-0.1, -0.05) is 6.07 Å². The van der Waals surface area contributed by atoms with Gasteiger partial charge in [-0.25, -0.2) is 4.79 Å². The van der Waals surface area contributed by atoms with Gasteiger partial charge in [0.15, 0.2) is 0 Å². The molecule has 0 saturated carbocycles. The van der Waals surface area contributed by atoms with Crippen LogP contribution in [0, 0.1) is 0 Å². The highest BCUT2D eigenvalue weighted by molar-refractivity contribution is 6.01. The van der Waals surface area contributed by atoms with Crippen molar-refractivity contribution in [2.75, 3.05) is 36.3 Å². The van der Waals surface area contributed by atoms with Crippen LogP contribution in [0.5, 0.6) is 11.5 Å². The minimum absolute atomic E-state index is 0.0567. The van der Waals surface area contributed by atoms with Crippen molar-refractivity contribution < 1.29 is 19.1 Å². The first-order valence-electron chi connectivity index (χ1n) is 8.31. The molecule has 7 heteroatoms. The maximum absolute atomic E-state index is 12.3. The van der Waals surface area contributed by atoms with Crippen LogP contribution in [0.2, 0.25) is 0 Å². The number of hydrogen-bond acceptors (Lipinski definition) is 4. The van der Waals surface area contributed by atoms with Crippen LogP contribution in [0.15, 0.2) is 42.5 Å². The summed E-state index contributed by atoms with van der Waals surface area (Å²) in [4.78, 5) is 26.0. The molecule has 1 fully saturated rings. The maximum Gasteiger partial charge on any atom is 0.323 e. The molecule has 3 rings (SSSR count). The van der Waals surface area contributed by atoms with Gasteiger partial charge in [-0.05, 0) is 36.8 Å². The second kappa shape index (κ2) is 7.77. The smallest absolute Gasteiger partial charge is 0.323 e. The molecule has 1 aliphatic heterocycles. The number of rotatable bonds is 5. The van der Waals surface area contributed by atoms with E-state index in [0.29, 0.717) is 41.5 Å². The molecule has 3 amide bonds. The summed E-state index contributed by atoms with van der Waals surface area (Å²) in [7, 11) is 3.12. The van der Waals surface area contributed by atoms with Gasteiger partial charge in [0.2, 0.25) is 5.91 Å². The van der Waals surface area contributed by atoms with E-state index in [1.54, 1.807) is 61.6 Å². The van der Waals surface area contributed by atoms with Crippen LogP contribution in [0.4, 0.5) is 21.9 Å². The third-order valence-corrected chi connectivity index (χ3v) is 4.13. The first-order chi connectivity index (χ1) is 12.6. The van der Waals surface area contributed by atoms with Gasteiger partial charge in [-0.15, -0.1) is 0 Å². The second-order valence-electron chi connectivity index (χ2n) is 5.85. The first kappa shape index (κ1) is 17.6. The third-order valence-electron chi connectivity index (χ3n) is 4.13. The number of methoxy groups -OCH3 is 2. The Kier molecular flexibility index (Phi) is 5.26. The van der Waals surface area contributed by atoms with E-state index < -0.39 is 0 Å². The molecule has 1 heterocycles. The van der Waals surface area contributed by atoms with E-state index in [9.17, 15) is 9.59 Å². The quantitative estimate of drug-likeness (QED) is 0.861. The highest BCUT2D eigenvalue weighted by Gasteiger charge is 2.24. The van der Waals surface area contributed by atoms with Crippen LogP contribution in [-0.4, -0.2) is 32.7 Å². The third kappa shape index (κ3) is 3.88. The SMILES string of the molecule is COc1cccc(NC(=O)Nc2ccc(OC)c(N3CCCC3=O)c2)c1. The Labute approximate surface area is 151 Å². The van der Waals surface area contributed by atoms with E-state index in [-0.39, 0.29) is 11.9 Å². The highest BCUT2D eigenvalue weighted by Crippen LogP contribution is 2.34. The predicted octanol–water partition coefficient (Wildman–Crippen LogP) is 3.47. The molecule has 1 saturated heterocycles. The number of benzene rings is 2. The molecule has 7 nitrogen and oxygen atoms in total. The van der Waals surface area contributed by atoms with Crippen molar-refractivity contribution in [2.24, 2.45) is 0 Å². The Bertz CT molecular complexity index is 822. The summed E-state index contributed by atoms with van der Waals surface area (Å²) in [6.07, 6.45) is 1.34. The van der Waals surface area contributed by atoms with Crippen LogP contribution >= 0.6 is 0 Å². The minimum atomic E-state index is -0.387. The molecule has 0 unspecified atom stereocenters. The summed E-state index contributed by atoms with van der Waals surface area (Å²) in [5.74, 6) is 1.31. The molecule has 0 radical (unpaired) electrons. The molecule has 2 N–H and O–H groups in total. The van der Waals surface area contributed by atoms with Crippen molar-refractivity contribution in [2.45, 2.75) is 12.8 Å². The number of carbonyl (C=O) groups is 2. The van der Waals surface area contributed by atoms with Crippen molar-refractivity contribution in [1.29, 1.82) is 0 Å². The van der Waals surface area contributed by atoms with Crippen LogP contribution in [0.1, 0.15) is 12.8 Å². The zero-order chi connectivity index (χ0) is 18.5. The molecule has 0 spiro atoms. The number of anilines is 3. The molecule has 0 bridgehead atoms. The van der Waals surface area contributed by atoms with Gasteiger partial charge in [0.25, 0.3) is 0 Å². The largest absolute Gasteiger partial charge is 0.497 e. The Hall–Kier alpha value is -3.22. The van der Waals surface area contributed by atoms with Gasteiger partial charge >= 0.3 is 6.03 Å². The predicted molar refractivity (Wildman–Crippen MR) is 100 cm³/mol. The van der Waals surface area contributed by atoms with E-state index in [1.165, 1.54) is 0 Å². The fraction of sp³-hybridized carbons (Fsp3) is 0.263. The number of nitrogens with one attached hydrogen (secondary N) is 2. The molecule has 0 atom stereocenters. The number of nitrogens with zero attached hydrogens (tertiary/aromatic N) is 1. The zero-order valence-corrected chi connectivity index (χ0v) is 14.7. The molecule has 1 aliphatic rings. The Morgan fingerprint density at radius 2 is 1.81 bits per heavy atom. The summed E-state index contributed by atoms with van der Waals surface area (Å²) in [5.41, 5.74) is 1.85. The number of ether oxygens (including phenoxy) is 2. The lowest BCUT2D eigenvalue weighted by Crippen LogP contribution is -2.25. The number of hydrogen-bond donors (Lipinski definition) is 2. The molecule has 0 aromatic heterocycles. The fourth-order valence-corrected chi connectivity index (χ4v) is 2.88. The van der Waals surface area contributed by atoms with Crippen molar-refractivity contribution >= 4 is 29.0 Å². The van der Waals surface area contributed by atoms with Crippen molar-refractivity contribution in [3.63, 3.8) is 0 Å². The topological polar surface area (TPSA) is 79.9 Å². The average Bonchev–Trinajstić information content (AvgIpc) is 3.07.